The van der Waals surface area contributed by atoms with Crippen LogP contribution < -0.4 is 10.4 Å². The van der Waals surface area contributed by atoms with Crippen LogP contribution in [-0.2, 0) is 11.3 Å². The van der Waals surface area contributed by atoms with Crippen molar-refractivity contribution in [3.8, 4) is 11.3 Å². The van der Waals surface area contributed by atoms with Crippen LogP contribution in [-0.4, -0.2) is 46.5 Å². The second-order valence-corrected chi connectivity index (χ2v) is 9.38. The third-order valence-corrected chi connectivity index (χ3v) is 6.89. The third-order valence-electron chi connectivity index (χ3n) is 6.26. The summed E-state index contributed by atoms with van der Waals surface area (Å²) in [5.74, 6) is 2.09. The van der Waals surface area contributed by atoms with Gasteiger partial charge in [-0.25, -0.2) is 4.98 Å². The summed E-state index contributed by atoms with van der Waals surface area (Å²) >= 11 is 12.9. The smallest absolute Gasteiger partial charge is 0.423 e. The van der Waals surface area contributed by atoms with Crippen molar-refractivity contribution in [2.24, 2.45) is 0 Å². The summed E-state index contributed by atoms with van der Waals surface area (Å²) < 4.78 is 12.0. The molecule has 3 heterocycles. The second-order valence-electron chi connectivity index (χ2n) is 8.57. The summed E-state index contributed by atoms with van der Waals surface area (Å²) in [6.45, 7) is 2.01. The van der Waals surface area contributed by atoms with Crippen LogP contribution in [0.25, 0.3) is 11.3 Å². The van der Waals surface area contributed by atoms with Gasteiger partial charge in [0.25, 0.3) is 0 Å². The van der Waals surface area contributed by atoms with E-state index in [0.717, 1.165) is 55.9 Å². The lowest BCUT2D eigenvalue weighted by Crippen LogP contribution is -2.38. The highest BCUT2D eigenvalue weighted by atomic mass is 35.5. The molecular formula is C23H24BCl2N3O4. The minimum atomic E-state index is -1.51. The lowest BCUT2D eigenvalue weighted by Gasteiger charge is -2.32. The summed E-state index contributed by atoms with van der Waals surface area (Å²) in [5.41, 5.74) is 2.68. The minimum Gasteiger partial charge on any atom is -0.423 e. The topological polar surface area (TPSA) is 91.9 Å². The molecule has 172 valence electrons. The number of hydrogen-bond acceptors (Lipinski definition) is 7. The van der Waals surface area contributed by atoms with E-state index in [-0.39, 0.29) is 6.10 Å². The largest absolute Gasteiger partial charge is 0.490 e. The first-order chi connectivity index (χ1) is 16.0. The normalized spacial score (nSPS) is 16.9. The summed E-state index contributed by atoms with van der Waals surface area (Å²) in [4.78, 5) is 6.53. The molecule has 0 atom stereocenters. The Balaban J connectivity index is 1.25. The van der Waals surface area contributed by atoms with Gasteiger partial charge in [0.1, 0.15) is 17.3 Å². The molecule has 2 aliphatic rings. The highest BCUT2D eigenvalue weighted by molar-refractivity contribution is 6.58. The van der Waals surface area contributed by atoms with Crippen LogP contribution in [0, 0.1) is 0 Å². The second kappa shape index (κ2) is 9.64. The van der Waals surface area contributed by atoms with Gasteiger partial charge in [0.2, 0.25) is 0 Å². The predicted molar refractivity (Wildman–Crippen MR) is 128 cm³/mol. The van der Waals surface area contributed by atoms with E-state index in [0.29, 0.717) is 39.3 Å². The Labute approximate surface area is 202 Å². The fourth-order valence-electron chi connectivity index (χ4n) is 4.24. The standard InChI is InChI=1S/C23H24BCl2N3O4/c25-18-2-1-3-19(26)21(18)22-17(23(33-28-22)14-4-5-14)13-32-16-8-10-29(11-9-16)20-7-6-15(12-27-20)24(30)31/h1-3,6-7,12,14,16,30-31H,4-5,8-11,13H2. The van der Waals surface area contributed by atoms with E-state index in [1.807, 2.05) is 12.1 Å². The van der Waals surface area contributed by atoms with E-state index < -0.39 is 7.12 Å². The van der Waals surface area contributed by atoms with Crippen molar-refractivity contribution in [2.75, 3.05) is 18.0 Å². The van der Waals surface area contributed by atoms with Crippen molar-refractivity contribution in [3.05, 3.63) is 57.9 Å². The van der Waals surface area contributed by atoms with Gasteiger partial charge >= 0.3 is 7.12 Å². The number of anilines is 1. The summed E-state index contributed by atoms with van der Waals surface area (Å²) in [5, 5.41) is 23.9. The molecule has 7 nitrogen and oxygen atoms in total. The summed E-state index contributed by atoms with van der Waals surface area (Å²) in [6, 6.07) is 8.91. The van der Waals surface area contributed by atoms with Crippen LogP contribution in [0.15, 0.2) is 41.1 Å². The van der Waals surface area contributed by atoms with Gasteiger partial charge in [0.15, 0.2) is 0 Å². The first kappa shape index (κ1) is 22.7. The molecule has 0 radical (unpaired) electrons. The van der Waals surface area contributed by atoms with E-state index in [1.54, 1.807) is 18.2 Å². The van der Waals surface area contributed by atoms with Crippen LogP contribution in [0.2, 0.25) is 10.0 Å². The molecule has 1 aliphatic carbocycles. The molecule has 0 bridgehead atoms. The van der Waals surface area contributed by atoms with Crippen molar-refractivity contribution in [3.63, 3.8) is 0 Å². The van der Waals surface area contributed by atoms with E-state index in [4.69, 9.17) is 32.5 Å². The average molecular weight is 488 g/mol. The fourth-order valence-corrected chi connectivity index (χ4v) is 4.81. The van der Waals surface area contributed by atoms with Gasteiger partial charge in [-0.1, -0.05) is 40.5 Å². The number of pyridine rings is 1. The molecular weight excluding hydrogens is 464 g/mol. The highest BCUT2D eigenvalue weighted by Gasteiger charge is 2.34. The number of ether oxygens (including phenoxy) is 1. The van der Waals surface area contributed by atoms with Gasteiger partial charge in [-0.15, -0.1) is 0 Å². The van der Waals surface area contributed by atoms with Gasteiger partial charge < -0.3 is 24.2 Å². The van der Waals surface area contributed by atoms with Gasteiger partial charge in [-0.3, -0.25) is 0 Å². The molecule has 0 unspecified atom stereocenters. The fraction of sp³-hybridized carbons (Fsp3) is 0.391. The zero-order valence-corrected chi connectivity index (χ0v) is 19.5. The lowest BCUT2D eigenvalue weighted by atomic mass is 9.82. The summed E-state index contributed by atoms with van der Waals surface area (Å²) in [7, 11) is -1.51. The van der Waals surface area contributed by atoms with Gasteiger partial charge in [0.05, 0.1) is 22.8 Å². The molecule has 0 spiro atoms. The molecule has 1 aromatic carbocycles. The van der Waals surface area contributed by atoms with Crippen molar-refractivity contribution in [1.29, 1.82) is 0 Å². The monoisotopic (exact) mass is 487 g/mol. The maximum Gasteiger partial charge on any atom is 0.490 e. The summed E-state index contributed by atoms with van der Waals surface area (Å²) in [6.07, 6.45) is 5.51. The number of halogens is 2. The zero-order valence-electron chi connectivity index (χ0n) is 18.0. The molecule has 1 saturated heterocycles. The number of piperidine rings is 1. The Bertz CT molecular complexity index is 1090. The maximum atomic E-state index is 9.24. The SMILES string of the molecule is OB(O)c1ccc(N2CCC(OCc3c(-c4c(Cl)cccc4Cl)noc3C3CC3)CC2)nc1. The van der Waals surface area contributed by atoms with Crippen molar-refractivity contribution >= 4 is 41.6 Å². The molecule has 33 heavy (non-hydrogen) atoms. The Morgan fingerprint density at radius 3 is 2.39 bits per heavy atom. The number of aromatic nitrogens is 2. The Hall–Kier alpha value is -2.10. The molecule has 2 N–H and O–H groups in total. The molecule has 0 amide bonds. The first-order valence-electron chi connectivity index (χ1n) is 11.1. The molecule has 10 heteroatoms. The van der Waals surface area contributed by atoms with Crippen LogP contribution in [0.3, 0.4) is 0 Å². The van der Waals surface area contributed by atoms with Gasteiger partial charge in [0, 0.05) is 41.8 Å². The average Bonchev–Trinajstić information content (AvgIpc) is 3.58. The number of hydrogen-bond donors (Lipinski definition) is 2. The minimum absolute atomic E-state index is 0.108. The van der Waals surface area contributed by atoms with E-state index in [2.05, 4.69) is 15.0 Å². The Morgan fingerprint density at radius 2 is 1.79 bits per heavy atom. The molecule has 1 aliphatic heterocycles. The zero-order chi connectivity index (χ0) is 22.9. The number of nitrogens with zero attached hydrogens (tertiary/aromatic N) is 3. The van der Waals surface area contributed by atoms with Gasteiger partial charge in [-0.05, 0) is 43.9 Å². The van der Waals surface area contributed by atoms with E-state index in [9.17, 15) is 10.0 Å². The van der Waals surface area contributed by atoms with Crippen molar-refractivity contribution < 1.29 is 19.3 Å². The quantitative estimate of drug-likeness (QED) is 0.490. The van der Waals surface area contributed by atoms with Crippen molar-refractivity contribution in [2.45, 2.75) is 44.3 Å². The van der Waals surface area contributed by atoms with Crippen LogP contribution in [0.4, 0.5) is 5.82 Å². The van der Waals surface area contributed by atoms with Crippen LogP contribution in [0.1, 0.15) is 42.9 Å². The maximum absolute atomic E-state index is 9.24. The van der Waals surface area contributed by atoms with Gasteiger partial charge in [-0.2, -0.15) is 0 Å². The molecule has 2 fully saturated rings. The Morgan fingerprint density at radius 1 is 1.06 bits per heavy atom. The van der Waals surface area contributed by atoms with Crippen LogP contribution >= 0.6 is 23.2 Å². The highest BCUT2D eigenvalue weighted by Crippen LogP contribution is 2.46. The predicted octanol–water partition coefficient (Wildman–Crippen LogP) is 3.79. The van der Waals surface area contributed by atoms with E-state index >= 15 is 0 Å². The lowest BCUT2D eigenvalue weighted by molar-refractivity contribution is 0.0245. The van der Waals surface area contributed by atoms with Crippen LogP contribution in [0.5, 0.6) is 0 Å². The van der Waals surface area contributed by atoms with E-state index in [1.165, 1.54) is 6.20 Å². The molecule has 5 rings (SSSR count). The Kier molecular flexibility index (Phi) is 6.63. The number of rotatable bonds is 7. The van der Waals surface area contributed by atoms with Crippen molar-refractivity contribution in [1.82, 2.24) is 10.1 Å². The molecule has 3 aromatic rings. The molecule has 1 saturated carbocycles. The first-order valence-corrected chi connectivity index (χ1v) is 11.9. The molecule has 2 aromatic heterocycles. The third kappa shape index (κ3) is 4.90. The number of benzene rings is 1.